The van der Waals surface area contributed by atoms with E-state index in [1.54, 1.807) is 13.3 Å². The van der Waals surface area contributed by atoms with Gasteiger partial charge in [0.25, 0.3) is 0 Å². The number of methoxy groups -OCH3 is 1. The number of nitrogens with zero attached hydrogens (tertiary/aromatic N) is 2. The molecule has 4 aromatic rings. The first-order valence-electron chi connectivity index (χ1n) is 11.5. The van der Waals surface area contributed by atoms with Crippen molar-refractivity contribution < 1.29 is 18.5 Å². The summed E-state index contributed by atoms with van der Waals surface area (Å²) >= 11 is 5.26. The molecule has 0 aliphatic rings. The molecule has 0 spiro atoms. The fraction of sp³-hybridized carbons (Fsp3) is 0.222. The third-order valence-electron chi connectivity index (χ3n) is 5.28. The van der Waals surface area contributed by atoms with Gasteiger partial charge in [0.05, 0.1) is 13.3 Å². The van der Waals surface area contributed by atoms with Gasteiger partial charge in [-0.25, -0.2) is 9.55 Å². The van der Waals surface area contributed by atoms with Crippen LogP contribution in [0.3, 0.4) is 0 Å². The van der Waals surface area contributed by atoms with Gasteiger partial charge in [-0.1, -0.05) is 6.92 Å². The highest BCUT2D eigenvalue weighted by Crippen LogP contribution is 2.26. The Morgan fingerprint density at radius 2 is 1.69 bits per heavy atom. The van der Waals surface area contributed by atoms with Gasteiger partial charge >= 0.3 is 0 Å². The zero-order chi connectivity index (χ0) is 24.5. The van der Waals surface area contributed by atoms with E-state index in [0.29, 0.717) is 17.6 Å². The average molecular weight is 490 g/mol. The van der Waals surface area contributed by atoms with E-state index in [1.807, 2.05) is 73.1 Å². The summed E-state index contributed by atoms with van der Waals surface area (Å²) in [4.78, 5) is 4.41. The van der Waals surface area contributed by atoms with E-state index in [2.05, 4.69) is 27.1 Å². The van der Waals surface area contributed by atoms with Gasteiger partial charge in [0.15, 0.2) is 29.8 Å². The summed E-state index contributed by atoms with van der Waals surface area (Å²) in [6, 6.07) is 19.4. The predicted molar refractivity (Wildman–Crippen MR) is 141 cm³/mol. The van der Waals surface area contributed by atoms with Gasteiger partial charge in [0.2, 0.25) is 5.89 Å². The molecular formula is C27H29N4O3S+. The zero-order valence-corrected chi connectivity index (χ0v) is 20.7. The SMILES string of the molecule is CCCNC(=S)Nc1ccc(OCC[n+]2ccc(-c3cnc(-c4ccc(OC)cc4)o3)cc2)cc1. The van der Waals surface area contributed by atoms with Crippen LogP contribution in [0.25, 0.3) is 22.8 Å². The number of thiocarbonyl (C=S) groups is 1. The van der Waals surface area contributed by atoms with Crippen LogP contribution < -0.4 is 24.7 Å². The Labute approximate surface area is 210 Å². The van der Waals surface area contributed by atoms with Crippen LogP contribution >= 0.6 is 12.2 Å². The minimum Gasteiger partial charge on any atom is -0.497 e. The normalized spacial score (nSPS) is 10.6. The molecule has 180 valence electrons. The van der Waals surface area contributed by atoms with Crippen molar-refractivity contribution in [2.75, 3.05) is 25.6 Å². The van der Waals surface area contributed by atoms with Crippen LogP contribution in [0.15, 0.2) is 83.7 Å². The number of rotatable bonds is 10. The first kappa shape index (κ1) is 24.2. The summed E-state index contributed by atoms with van der Waals surface area (Å²) in [5.41, 5.74) is 2.79. The predicted octanol–water partition coefficient (Wildman–Crippen LogP) is 5.08. The number of pyridine rings is 1. The molecular weight excluding hydrogens is 460 g/mol. The molecule has 2 aromatic heterocycles. The fourth-order valence-electron chi connectivity index (χ4n) is 3.36. The first-order chi connectivity index (χ1) is 17.1. The third kappa shape index (κ3) is 6.80. The van der Waals surface area contributed by atoms with E-state index in [9.17, 15) is 0 Å². The van der Waals surface area contributed by atoms with Gasteiger partial charge in [0, 0.05) is 35.5 Å². The molecule has 0 atom stereocenters. The standard InChI is InChI=1S/C27H28N4O3S/c1-3-14-28-27(35)30-22-6-10-24(11-7-22)33-18-17-31-15-12-20(13-16-31)25-19-29-26(34-25)21-4-8-23(32-2)9-5-21/h4-13,15-16,19H,3,14,17-18H2,1-2H3,(H-,28,30,35)/p+1. The van der Waals surface area contributed by atoms with Crippen molar-refractivity contribution in [1.29, 1.82) is 0 Å². The third-order valence-corrected chi connectivity index (χ3v) is 5.53. The number of ether oxygens (including phenoxy) is 2. The van der Waals surface area contributed by atoms with Gasteiger partial charge in [0.1, 0.15) is 18.1 Å². The molecule has 0 aliphatic heterocycles. The molecule has 2 aromatic carbocycles. The maximum Gasteiger partial charge on any atom is 0.226 e. The molecule has 0 bridgehead atoms. The summed E-state index contributed by atoms with van der Waals surface area (Å²) in [6.45, 7) is 4.23. The molecule has 2 heterocycles. The molecule has 8 heteroatoms. The van der Waals surface area contributed by atoms with Crippen molar-refractivity contribution in [3.05, 3.63) is 79.3 Å². The topological polar surface area (TPSA) is 72.4 Å². The van der Waals surface area contributed by atoms with Gasteiger partial charge in [-0.15, -0.1) is 0 Å². The highest BCUT2D eigenvalue weighted by molar-refractivity contribution is 7.80. The van der Waals surface area contributed by atoms with Gasteiger partial charge < -0.3 is 24.5 Å². The molecule has 35 heavy (non-hydrogen) atoms. The number of hydrogen-bond acceptors (Lipinski definition) is 5. The molecule has 7 nitrogen and oxygen atoms in total. The lowest BCUT2D eigenvalue weighted by Gasteiger charge is -2.10. The van der Waals surface area contributed by atoms with E-state index in [4.69, 9.17) is 26.1 Å². The second-order valence-electron chi connectivity index (χ2n) is 7.84. The smallest absolute Gasteiger partial charge is 0.226 e. The molecule has 0 fully saturated rings. The highest BCUT2D eigenvalue weighted by atomic mass is 32.1. The Kier molecular flexibility index (Phi) is 8.30. The Hall–Kier alpha value is -3.91. The molecule has 0 aliphatic carbocycles. The lowest BCUT2D eigenvalue weighted by molar-refractivity contribution is -0.697. The average Bonchev–Trinajstić information content (AvgIpc) is 3.39. The number of anilines is 1. The lowest BCUT2D eigenvalue weighted by atomic mass is 10.2. The monoisotopic (exact) mass is 489 g/mol. The quantitative estimate of drug-likeness (QED) is 0.238. The van der Waals surface area contributed by atoms with Crippen molar-refractivity contribution in [2.24, 2.45) is 0 Å². The summed E-state index contributed by atoms with van der Waals surface area (Å²) in [5, 5.41) is 6.94. The van der Waals surface area contributed by atoms with Gasteiger partial charge in [-0.3, -0.25) is 0 Å². The molecule has 0 unspecified atom stereocenters. The van der Waals surface area contributed by atoms with Crippen LogP contribution in [0.4, 0.5) is 5.69 Å². The Balaban J connectivity index is 1.27. The summed E-state index contributed by atoms with van der Waals surface area (Å²) < 4.78 is 19.1. The Bertz CT molecular complexity index is 1220. The minimum atomic E-state index is 0.553. The maximum atomic E-state index is 5.96. The van der Waals surface area contributed by atoms with E-state index >= 15 is 0 Å². The zero-order valence-electron chi connectivity index (χ0n) is 19.9. The van der Waals surface area contributed by atoms with Crippen LogP contribution in [0, 0.1) is 0 Å². The number of aromatic nitrogens is 2. The number of oxazole rings is 1. The van der Waals surface area contributed by atoms with E-state index in [-0.39, 0.29) is 0 Å². The van der Waals surface area contributed by atoms with Gasteiger partial charge in [-0.2, -0.15) is 0 Å². The van der Waals surface area contributed by atoms with Crippen molar-refractivity contribution >= 4 is 23.0 Å². The second kappa shape index (κ2) is 12.0. The first-order valence-corrected chi connectivity index (χ1v) is 11.9. The number of benzene rings is 2. The van der Waals surface area contributed by atoms with Crippen molar-refractivity contribution in [3.63, 3.8) is 0 Å². The highest BCUT2D eigenvalue weighted by Gasteiger charge is 2.11. The van der Waals surface area contributed by atoms with Crippen LogP contribution in [0.2, 0.25) is 0 Å². The van der Waals surface area contributed by atoms with Crippen molar-refractivity contribution in [1.82, 2.24) is 10.3 Å². The second-order valence-corrected chi connectivity index (χ2v) is 8.24. The molecule has 0 radical (unpaired) electrons. The molecule has 0 saturated carbocycles. The fourth-order valence-corrected chi connectivity index (χ4v) is 3.58. The lowest BCUT2D eigenvalue weighted by Crippen LogP contribution is -2.35. The van der Waals surface area contributed by atoms with E-state index in [0.717, 1.165) is 53.6 Å². The molecule has 4 rings (SSSR count). The van der Waals surface area contributed by atoms with Crippen LogP contribution in [0.5, 0.6) is 11.5 Å². The van der Waals surface area contributed by atoms with Crippen LogP contribution in [0.1, 0.15) is 13.3 Å². The van der Waals surface area contributed by atoms with Gasteiger partial charge in [-0.05, 0) is 67.2 Å². The number of nitrogens with one attached hydrogen (secondary N) is 2. The molecule has 2 N–H and O–H groups in total. The maximum absolute atomic E-state index is 5.96. The van der Waals surface area contributed by atoms with Crippen molar-refractivity contribution in [3.8, 4) is 34.3 Å². The van der Waals surface area contributed by atoms with Crippen LogP contribution in [-0.4, -0.2) is 30.4 Å². The van der Waals surface area contributed by atoms with E-state index in [1.165, 1.54) is 0 Å². The Morgan fingerprint density at radius 3 is 2.37 bits per heavy atom. The summed E-state index contributed by atoms with van der Waals surface area (Å²) in [6.07, 6.45) is 6.78. The van der Waals surface area contributed by atoms with E-state index < -0.39 is 0 Å². The number of hydrogen-bond donors (Lipinski definition) is 2. The summed E-state index contributed by atoms with van der Waals surface area (Å²) in [5.74, 6) is 2.91. The largest absolute Gasteiger partial charge is 0.497 e. The summed E-state index contributed by atoms with van der Waals surface area (Å²) in [7, 11) is 1.64. The molecule has 0 saturated heterocycles. The Morgan fingerprint density at radius 1 is 0.971 bits per heavy atom. The van der Waals surface area contributed by atoms with Crippen molar-refractivity contribution in [2.45, 2.75) is 19.9 Å². The minimum absolute atomic E-state index is 0.553. The van der Waals surface area contributed by atoms with Crippen LogP contribution in [-0.2, 0) is 6.54 Å². The molecule has 0 amide bonds.